The highest BCUT2D eigenvalue weighted by molar-refractivity contribution is 7.10. The second-order valence-electron chi connectivity index (χ2n) is 3.15. The van der Waals surface area contributed by atoms with E-state index in [-0.39, 0.29) is 12.6 Å². The van der Waals surface area contributed by atoms with Gasteiger partial charge in [0.1, 0.15) is 0 Å². The zero-order valence-corrected chi connectivity index (χ0v) is 8.05. The first-order valence-electron chi connectivity index (χ1n) is 4.14. The van der Waals surface area contributed by atoms with Crippen molar-refractivity contribution < 1.29 is 5.11 Å². The van der Waals surface area contributed by atoms with Crippen molar-refractivity contribution in [1.82, 2.24) is 0 Å². The normalized spacial score (nSPS) is 15.9. The summed E-state index contributed by atoms with van der Waals surface area (Å²) in [5.41, 5.74) is 5.92. The van der Waals surface area contributed by atoms with E-state index in [2.05, 4.69) is 0 Å². The molecule has 0 saturated heterocycles. The van der Waals surface area contributed by atoms with Gasteiger partial charge in [-0.05, 0) is 23.8 Å². The van der Waals surface area contributed by atoms with Gasteiger partial charge in [0.05, 0.1) is 0 Å². The number of rotatable bonds is 4. The molecule has 1 rings (SSSR count). The maximum Gasteiger partial charge on any atom is 0.0457 e. The molecule has 2 nitrogen and oxygen atoms in total. The molecule has 0 aliphatic carbocycles. The minimum atomic E-state index is 0.0900. The standard InChI is InChI=1S/C9H15NOS/c1-7(6-11)5-8(10)9-3-2-4-12-9/h2-4,7-8,11H,5-6,10H2,1H3/t7-,8?/m1/s1. The number of thiophene rings is 1. The largest absolute Gasteiger partial charge is 0.396 e. The van der Waals surface area contributed by atoms with E-state index in [1.54, 1.807) is 11.3 Å². The monoisotopic (exact) mass is 185 g/mol. The predicted molar refractivity (Wildman–Crippen MR) is 52.1 cm³/mol. The molecule has 12 heavy (non-hydrogen) atoms. The molecule has 0 aliphatic heterocycles. The molecule has 0 fully saturated rings. The van der Waals surface area contributed by atoms with Crippen LogP contribution in [0.4, 0.5) is 0 Å². The average molecular weight is 185 g/mol. The molecular formula is C9H15NOS. The van der Waals surface area contributed by atoms with Gasteiger partial charge in [0.2, 0.25) is 0 Å². The molecule has 3 N–H and O–H groups in total. The number of hydrogen-bond acceptors (Lipinski definition) is 3. The Bertz CT molecular complexity index is 210. The van der Waals surface area contributed by atoms with E-state index >= 15 is 0 Å². The van der Waals surface area contributed by atoms with Crippen molar-refractivity contribution in [1.29, 1.82) is 0 Å². The molecule has 1 heterocycles. The number of hydrogen-bond donors (Lipinski definition) is 2. The summed E-state index contributed by atoms with van der Waals surface area (Å²) >= 11 is 1.68. The second kappa shape index (κ2) is 4.60. The van der Waals surface area contributed by atoms with Crippen LogP contribution in [0.3, 0.4) is 0 Å². The number of aliphatic hydroxyl groups is 1. The maximum atomic E-state index is 8.83. The lowest BCUT2D eigenvalue weighted by Crippen LogP contribution is -2.14. The summed E-state index contributed by atoms with van der Waals surface area (Å²) in [4.78, 5) is 1.20. The quantitative estimate of drug-likeness (QED) is 0.751. The summed E-state index contributed by atoms with van der Waals surface area (Å²) in [5, 5.41) is 10.9. The van der Waals surface area contributed by atoms with Gasteiger partial charge >= 0.3 is 0 Å². The van der Waals surface area contributed by atoms with Crippen molar-refractivity contribution >= 4 is 11.3 Å². The fourth-order valence-electron chi connectivity index (χ4n) is 1.13. The first kappa shape index (κ1) is 9.71. The van der Waals surface area contributed by atoms with Crippen molar-refractivity contribution in [3.8, 4) is 0 Å². The zero-order valence-electron chi connectivity index (χ0n) is 7.23. The van der Waals surface area contributed by atoms with Crippen LogP contribution in [0.15, 0.2) is 17.5 Å². The Morgan fingerprint density at radius 1 is 1.67 bits per heavy atom. The minimum Gasteiger partial charge on any atom is -0.396 e. The predicted octanol–water partition coefficient (Wildman–Crippen LogP) is 1.77. The van der Waals surface area contributed by atoms with Gasteiger partial charge in [-0.25, -0.2) is 0 Å². The Kier molecular flexibility index (Phi) is 3.72. The number of aliphatic hydroxyl groups excluding tert-OH is 1. The highest BCUT2D eigenvalue weighted by atomic mass is 32.1. The van der Waals surface area contributed by atoms with Crippen molar-refractivity contribution in [2.75, 3.05) is 6.61 Å². The SMILES string of the molecule is C[C@@H](CO)CC(N)c1cccs1. The first-order valence-corrected chi connectivity index (χ1v) is 5.02. The van der Waals surface area contributed by atoms with E-state index in [1.165, 1.54) is 4.88 Å². The van der Waals surface area contributed by atoms with Gasteiger partial charge in [0.25, 0.3) is 0 Å². The smallest absolute Gasteiger partial charge is 0.0457 e. The summed E-state index contributed by atoms with van der Waals surface area (Å²) < 4.78 is 0. The number of nitrogens with two attached hydrogens (primary N) is 1. The summed E-state index contributed by atoms with van der Waals surface area (Å²) in [7, 11) is 0. The lowest BCUT2D eigenvalue weighted by molar-refractivity contribution is 0.224. The van der Waals surface area contributed by atoms with Crippen molar-refractivity contribution in [3.63, 3.8) is 0 Å². The average Bonchev–Trinajstić information content (AvgIpc) is 2.56. The Morgan fingerprint density at radius 2 is 2.42 bits per heavy atom. The summed E-state index contributed by atoms with van der Waals surface area (Å²) in [6.45, 7) is 2.23. The van der Waals surface area contributed by atoms with Crippen LogP contribution in [0, 0.1) is 5.92 Å². The third kappa shape index (κ3) is 2.59. The van der Waals surface area contributed by atoms with Gasteiger partial charge in [-0.15, -0.1) is 11.3 Å². The molecule has 0 radical (unpaired) electrons. The third-order valence-electron chi connectivity index (χ3n) is 1.88. The summed E-state index contributed by atoms with van der Waals surface area (Å²) in [6, 6.07) is 4.13. The molecule has 0 spiro atoms. The van der Waals surface area contributed by atoms with Crippen LogP contribution in [0.1, 0.15) is 24.3 Å². The highest BCUT2D eigenvalue weighted by Gasteiger charge is 2.10. The Morgan fingerprint density at radius 3 is 2.92 bits per heavy atom. The van der Waals surface area contributed by atoms with Crippen molar-refractivity contribution in [3.05, 3.63) is 22.4 Å². The third-order valence-corrected chi connectivity index (χ3v) is 2.88. The van der Waals surface area contributed by atoms with Crippen LogP contribution in [0.5, 0.6) is 0 Å². The van der Waals surface area contributed by atoms with Gasteiger partial charge in [-0.3, -0.25) is 0 Å². The van der Waals surface area contributed by atoms with Crippen molar-refractivity contribution in [2.45, 2.75) is 19.4 Å². The van der Waals surface area contributed by atoms with E-state index in [4.69, 9.17) is 10.8 Å². The van der Waals surface area contributed by atoms with Crippen LogP contribution in [0.2, 0.25) is 0 Å². The Hall–Kier alpha value is -0.380. The van der Waals surface area contributed by atoms with Crippen LogP contribution in [0.25, 0.3) is 0 Å². The van der Waals surface area contributed by atoms with Crippen LogP contribution in [-0.4, -0.2) is 11.7 Å². The molecule has 0 amide bonds. The van der Waals surface area contributed by atoms with Gasteiger partial charge in [-0.1, -0.05) is 13.0 Å². The molecule has 0 aromatic carbocycles. The molecule has 0 bridgehead atoms. The first-order chi connectivity index (χ1) is 5.74. The van der Waals surface area contributed by atoms with E-state index in [0.29, 0.717) is 5.92 Å². The lowest BCUT2D eigenvalue weighted by Gasteiger charge is -2.13. The van der Waals surface area contributed by atoms with Gasteiger partial charge in [-0.2, -0.15) is 0 Å². The van der Waals surface area contributed by atoms with E-state index in [0.717, 1.165) is 6.42 Å². The Labute approximate surface area is 77.0 Å². The lowest BCUT2D eigenvalue weighted by atomic mass is 10.0. The van der Waals surface area contributed by atoms with Gasteiger partial charge < -0.3 is 10.8 Å². The fraction of sp³-hybridized carbons (Fsp3) is 0.556. The molecular weight excluding hydrogens is 170 g/mol. The molecule has 1 unspecified atom stereocenters. The maximum absolute atomic E-state index is 8.83. The summed E-state index contributed by atoms with van der Waals surface area (Å²) in [6.07, 6.45) is 0.858. The fourth-order valence-corrected chi connectivity index (χ4v) is 1.87. The molecule has 0 aliphatic rings. The molecule has 1 aromatic heterocycles. The van der Waals surface area contributed by atoms with E-state index in [9.17, 15) is 0 Å². The zero-order chi connectivity index (χ0) is 8.97. The van der Waals surface area contributed by atoms with Crippen LogP contribution >= 0.6 is 11.3 Å². The molecule has 1 aromatic rings. The van der Waals surface area contributed by atoms with Crippen LogP contribution in [-0.2, 0) is 0 Å². The summed E-state index contributed by atoms with van der Waals surface area (Å²) in [5.74, 6) is 0.294. The molecule has 3 heteroatoms. The topological polar surface area (TPSA) is 46.2 Å². The Balaban J connectivity index is 2.44. The second-order valence-corrected chi connectivity index (χ2v) is 4.12. The van der Waals surface area contributed by atoms with Crippen LogP contribution < -0.4 is 5.73 Å². The van der Waals surface area contributed by atoms with Gasteiger partial charge in [0, 0.05) is 17.5 Å². The molecule has 0 saturated carbocycles. The highest BCUT2D eigenvalue weighted by Crippen LogP contribution is 2.22. The van der Waals surface area contributed by atoms with Gasteiger partial charge in [0.15, 0.2) is 0 Å². The molecule has 2 atom stereocenters. The van der Waals surface area contributed by atoms with Crippen molar-refractivity contribution in [2.24, 2.45) is 11.7 Å². The minimum absolute atomic E-state index is 0.0900. The molecule has 68 valence electrons. The van der Waals surface area contributed by atoms with E-state index < -0.39 is 0 Å². The van der Waals surface area contributed by atoms with E-state index in [1.807, 2.05) is 24.4 Å².